The molecular formula is C15H19FN2OS. The molecule has 0 heterocycles. The van der Waals surface area contributed by atoms with Crippen LogP contribution in [0.3, 0.4) is 0 Å². The molecule has 0 spiro atoms. The van der Waals surface area contributed by atoms with E-state index in [0.717, 1.165) is 12.8 Å². The maximum absolute atomic E-state index is 13.5. The topological polar surface area (TPSA) is 55.1 Å². The third-order valence-electron chi connectivity index (χ3n) is 4.00. The van der Waals surface area contributed by atoms with Gasteiger partial charge < -0.3 is 11.1 Å². The second kappa shape index (κ2) is 6.31. The summed E-state index contributed by atoms with van der Waals surface area (Å²) < 4.78 is 13.5. The first kappa shape index (κ1) is 14.9. The molecule has 3 N–H and O–H groups in total. The van der Waals surface area contributed by atoms with E-state index in [1.165, 1.54) is 6.07 Å². The van der Waals surface area contributed by atoms with E-state index in [0.29, 0.717) is 31.4 Å². The molecule has 1 aliphatic carbocycles. The molecular weight excluding hydrogens is 275 g/mol. The van der Waals surface area contributed by atoms with Gasteiger partial charge in [0.15, 0.2) is 0 Å². The van der Waals surface area contributed by atoms with Gasteiger partial charge in [-0.05, 0) is 30.9 Å². The Balaban J connectivity index is 1.92. The molecule has 108 valence electrons. The SMILES string of the molecule is NC(=S)C1(C(=O)NCCc2ccccc2F)CCCC1. The van der Waals surface area contributed by atoms with E-state index in [1.54, 1.807) is 18.2 Å². The van der Waals surface area contributed by atoms with E-state index >= 15 is 0 Å². The van der Waals surface area contributed by atoms with Crippen molar-refractivity contribution >= 4 is 23.1 Å². The standard InChI is InChI=1S/C15H19FN2OS/c16-12-6-2-1-5-11(12)7-10-18-14(19)15(13(17)20)8-3-4-9-15/h1-2,5-6H,3-4,7-10H2,(H2,17,20)(H,18,19). The van der Waals surface area contributed by atoms with E-state index in [4.69, 9.17) is 18.0 Å². The lowest BCUT2D eigenvalue weighted by molar-refractivity contribution is -0.127. The van der Waals surface area contributed by atoms with Crippen molar-refractivity contribution in [3.63, 3.8) is 0 Å². The molecule has 0 bridgehead atoms. The highest BCUT2D eigenvalue weighted by atomic mass is 32.1. The Labute approximate surface area is 123 Å². The molecule has 1 aliphatic rings. The van der Waals surface area contributed by atoms with Crippen molar-refractivity contribution in [2.45, 2.75) is 32.1 Å². The summed E-state index contributed by atoms with van der Waals surface area (Å²) in [6, 6.07) is 6.58. The first-order valence-corrected chi connectivity index (χ1v) is 7.29. The number of hydrogen-bond donors (Lipinski definition) is 2. The van der Waals surface area contributed by atoms with Crippen molar-refractivity contribution in [2.75, 3.05) is 6.54 Å². The van der Waals surface area contributed by atoms with E-state index < -0.39 is 5.41 Å². The van der Waals surface area contributed by atoms with Gasteiger partial charge in [0.05, 0.1) is 10.4 Å². The smallest absolute Gasteiger partial charge is 0.233 e. The van der Waals surface area contributed by atoms with Crippen LogP contribution in [0.1, 0.15) is 31.2 Å². The number of amides is 1. The predicted molar refractivity (Wildman–Crippen MR) is 80.8 cm³/mol. The summed E-state index contributed by atoms with van der Waals surface area (Å²) in [6.45, 7) is 0.393. The molecule has 2 rings (SSSR count). The first-order valence-electron chi connectivity index (χ1n) is 6.88. The van der Waals surface area contributed by atoms with Crippen LogP contribution in [0.15, 0.2) is 24.3 Å². The molecule has 1 saturated carbocycles. The molecule has 0 radical (unpaired) electrons. The van der Waals surface area contributed by atoms with E-state index in [2.05, 4.69) is 5.32 Å². The summed E-state index contributed by atoms with van der Waals surface area (Å²) in [5.41, 5.74) is 5.66. The minimum Gasteiger partial charge on any atom is -0.392 e. The Hall–Kier alpha value is -1.49. The molecule has 20 heavy (non-hydrogen) atoms. The van der Waals surface area contributed by atoms with Crippen LogP contribution in [0, 0.1) is 11.2 Å². The van der Waals surface area contributed by atoms with Gasteiger partial charge in [0, 0.05) is 6.54 Å². The lowest BCUT2D eigenvalue weighted by Crippen LogP contribution is -2.47. The number of hydrogen-bond acceptors (Lipinski definition) is 2. The average molecular weight is 294 g/mol. The van der Waals surface area contributed by atoms with Crippen molar-refractivity contribution in [3.8, 4) is 0 Å². The molecule has 1 aromatic rings. The van der Waals surface area contributed by atoms with Gasteiger partial charge in [0.25, 0.3) is 0 Å². The second-order valence-corrected chi connectivity index (χ2v) is 5.69. The van der Waals surface area contributed by atoms with Crippen LogP contribution in [0.25, 0.3) is 0 Å². The Morgan fingerprint density at radius 1 is 1.35 bits per heavy atom. The van der Waals surface area contributed by atoms with Crippen LogP contribution < -0.4 is 11.1 Å². The predicted octanol–water partition coefficient (Wildman–Crippen LogP) is 2.33. The highest BCUT2D eigenvalue weighted by Crippen LogP contribution is 2.38. The minimum absolute atomic E-state index is 0.112. The molecule has 0 unspecified atom stereocenters. The molecule has 5 heteroatoms. The largest absolute Gasteiger partial charge is 0.392 e. The lowest BCUT2D eigenvalue weighted by atomic mass is 9.85. The van der Waals surface area contributed by atoms with Crippen LogP contribution in [-0.2, 0) is 11.2 Å². The van der Waals surface area contributed by atoms with Gasteiger partial charge >= 0.3 is 0 Å². The van der Waals surface area contributed by atoms with Gasteiger partial charge in [-0.15, -0.1) is 0 Å². The van der Waals surface area contributed by atoms with Crippen LogP contribution in [0.2, 0.25) is 0 Å². The van der Waals surface area contributed by atoms with Crippen molar-refractivity contribution in [1.29, 1.82) is 0 Å². The number of benzene rings is 1. The summed E-state index contributed by atoms with van der Waals surface area (Å²) in [4.78, 5) is 12.6. The normalized spacial score (nSPS) is 16.9. The Morgan fingerprint density at radius 2 is 2.00 bits per heavy atom. The fourth-order valence-corrected chi connectivity index (χ4v) is 3.04. The van der Waals surface area contributed by atoms with Crippen LogP contribution in [-0.4, -0.2) is 17.4 Å². The van der Waals surface area contributed by atoms with Crippen molar-refractivity contribution in [1.82, 2.24) is 5.32 Å². The maximum atomic E-state index is 13.5. The molecule has 0 aromatic heterocycles. The van der Waals surface area contributed by atoms with Crippen molar-refractivity contribution < 1.29 is 9.18 Å². The van der Waals surface area contributed by atoms with Crippen molar-refractivity contribution in [3.05, 3.63) is 35.6 Å². The lowest BCUT2D eigenvalue weighted by Gasteiger charge is -2.26. The number of nitrogens with two attached hydrogens (primary N) is 1. The van der Waals surface area contributed by atoms with Gasteiger partial charge in [-0.3, -0.25) is 4.79 Å². The Morgan fingerprint density at radius 3 is 2.60 bits per heavy atom. The third-order valence-corrected chi connectivity index (χ3v) is 4.39. The third kappa shape index (κ3) is 2.98. The number of carbonyl (C=O) groups excluding carboxylic acids is 1. The van der Waals surface area contributed by atoms with Gasteiger partial charge in [0.2, 0.25) is 5.91 Å². The highest BCUT2D eigenvalue weighted by molar-refractivity contribution is 7.80. The quantitative estimate of drug-likeness (QED) is 0.820. The molecule has 0 atom stereocenters. The van der Waals surface area contributed by atoms with Gasteiger partial charge in [-0.25, -0.2) is 4.39 Å². The van der Waals surface area contributed by atoms with Crippen molar-refractivity contribution in [2.24, 2.45) is 11.1 Å². The summed E-state index contributed by atoms with van der Waals surface area (Å²) in [7, 11) is 0. The monoisotopic (exact) mass is 294 g/mol. The number of rotatable bonds is 5. The number of halogens is 1. The summed E-state index contributed by atoms with van der Waals surface area (Å²) in [5.74, 6) is -0.356. The second-order valence-electron chi connectivity index (χ2n) is 5.25. The number of thiocarbonyl (C=S) groups is 1. The van der Waals surface area contributed by atoms with E-state index in [-0.39, 0.29) is 16.7 Å². The van der Waals surface area contributed by atoms with Gasteiger partial charge in [-0.1, -0.05) is 43.3 Å². The summed E-state index contributed by atoms with van der Waals surface area (Å²) in [6.07, 6.45) is 3.84. The number of nitrogens with one attached hydrogen (secondary N) is 1. The number of carbonyl (C=O) groups is 1. The maximum Gasteiger partial charge on any atom is 0.233 e. The van der Waals surface area contributed by atoms with Gasteiger partial charge in [-0.2, -0.15) is 0 Å². The molecule has 3 nitrogen and oxygen atoms in total. The van der Waals surface area contributed by atoms with Crippen LogP contribution in [0.4, 0.5) is 4.39 Å². The fraction of sp³-hybridized carbons (Fsp3) is 0.467. The zero-order valence-corrected chi connectivity index (χ0v) is 12.1. The fourth-order valence-electron chi connectivity index (χ4n) is 2.74. The first-order chi connectivity index (χ1) is 9.56. The van der Waals surface area contributed by atoms with Crippen LogP contribution >= 0.6 is 12.2 Å². The van der Waals surface area contributed by atoms with E-state index in [9.17, 15) is 9.18 Å². The summed E-state index contributed by atoms with van der Waals surface area (Å²) in [5, 5.41) is 2.85. The molecule has 1 fully saturated rings. The Kier molecular flexibility index (Phi) is 4.70. The van der Waals surface area contributed by atoms with Crippen LogP contribution in [0.5, 0.6) is 0 Å². The summed E-state index contributed by atoms with van der Waals surface area (Å²) >= 11 is 5.07. The van der Waals surface area contributed by atoms with Gasteiger partial charge in [0.1, 0.15) is 5.82 Å². The zero-order valence-electron chi connectivity index (χ0n) is 11.3. The molecule has 1 aromatic carbocycles. The Bertz CT molecular complexity index is 512. The zero-order chi connectivity index (χ0) is 14.6. The minimum atomic E-state index is -0.690. The van der Waals surface area contributed by atoms with E-state index in [1.807, 2.05) is 0 Å². The molecule has 0 saturated heterocycles. The molecule has 1 amide bonds. The molecule has 0 aliphatic heterocycles. The average Bonchev–Trinajstić information content (AvgIpc) is 2.91. The highest BCUT2D eigenvalue weighted by Gasteiger charge is 2.43.